The topological polar surface area (TPSA) is 88.5 Å². The summed E-state index contributed by atoms with van der Waals surface area (Å²) in [5.41, 5.74) is -1.56. The van der Waals surface area contributed by atoms with Gasteiger partial charge in [0.15, 0.2) is 6.10 Å². The maximum atomic E-state index is 13.6. The summed E-state index contributed by atoms with van der Waals surface area (Å²) in [6.45, 7) is 4.91. The fourth-order valence-corrected chi connectivity index (χ4v) is 8.55. The Hall–Kier alpha value is -2.10. The molecule has 1 saturated carbocycles. The van der Waals surface area contributed by atoms with E-state index >= 15 is 0 Å². The standard InChI is InChI=1S/C25H31BrN2O6/c1-6-23-10-7-12-28-13-11-24(19(23)28)15-8-9-16(32-4)17(26)18(15)27(3)20(24)25(31,22(30)33-5)21(23)34-14(2)29/h7-10,19-21,31H,6,11-13H2,1-5H3/t19-,20-,21+,23+,24+,25+/m0/s1. The number of likely N-dealkylation sites (N-methyl/N-ethyl adjacent to an activating group) is 1. The van der Waals surface area contributed by atoms with Gasteiger partial charge in [0.1, 0.15) is 5.75 Å². The molecule has 2 fully saturated rings. The number of esters is 2. The van der Waals surface area contributed by atoms with Crippen molar-refractivity contribution in [3.05, 3.63) is 34.3 Å². The van der Waals surface area contributed by atoms with Crippen LogP contribution in [0.15, 0.2) is 28.8 Å². The molecule has 0 amide bonds. The van der Waals surface area contributed by atoms with Gasteiger partial charge in [-0.05, 0) is 46.9 Å². The van der Waals surface area contributed by atoms with Crippen LogP contribution in [0.25, 0.3) is 0 Å². The molecule has 0 radical (unpaired) electrons. The van der Waals surface area contributed by atoms with Crippen LogP contribution in [0.2, 0.25) is 0 Å². The molecule has 1 aromatic rings. The van der Waals surface area contributed by atoms with E-state index in [9.17, 15) is 14.7 Å². The molecule has 1 saturated heterocycles. The van der Waals surface area contributed by atoms with Crippen molar-refractivity contribution < 1.29 is 28.9 Å². The normalized spacial score (nSPS) is 37.6. The van der Waals surface area contributed by atoms with Crippen molar-refractivity contribution in [3.63, 3.8) is 0 Å². The fraction of sp³-hybridized carbons (Fsp3) is 0.600. The number of fused-ring (bicyclic) bond motifs is 1. The summed E-state index contributed by atoms with van der Waals surface area (Å²) in [7, 11) is 4.75. The molecule has 9 heteroatoms. The molecule has 184 valence electrons. The van der Waals surface area contributed by atoms with Crippen LogP contribution in [0.3, 0.4) is 0 Å². The van der Waals surface area contributed by atoms with Crippen LogP contribution in [0, 0.1) is 5.41 Å². The number of hydrogen-bond acceptors (Lipinski definition) is 8. The molecule has 1 N–H and O–H groups in total. The van der Waals surface area contributed by atoms with Crippen LogP contribution in [0.5, 0.6) is 5.75 Å². The first-order valence-electron chi connectivity index (χ1n) is 11.6. The molecule has 4 aliphatic rings. The van der Waals surface area contributed by atoms with Crippen LogP contribution in [-0.2, 0) is 24.5 Å². The van der Waals surface area contributed by atoms with Crippen LogP contribution in [0.1, 0.15) is 32.3 Å². The van der Waals surface area contributed by atoms with Crippen molar-refractivity contribution in [2.45, 2.75) is 55.9 Å². The molecule has 34 heavy (non-hydrogen) atoms. The van der Waals surface area contributed by atoms with Gasteiger partial charge in [0.2, 0.25) is 5.60 Å². The maximum Gasteiger partial charge on any atom is 0.344 e. The second-order valence-corrected chi connectivity index (χ2v) is 10.6. The van der Waals surface area contributed by atoms with Gasteiger partial charge in [-0.25, -0.2) is 4.79 Å². The first kappa shape index (κ1) is 23.6. The second kappa shape index (κ2) is 7.70. The minimum absolute atomic E-state index is 0.0849. The van der Waals surface area contributed by atoms with Crippen LogP contribution >= 0.6 is 15.9 Å². The Labute approximate surface area is 207 Å². The molecule has 1 spiro atoms. The zero-order chi connectivity index (χ0) is 24.6. The molecule has 0 aromatic heterocycles. The number of benzene rings is 1. The van der Waals surface area contributed by atoms with Crippen LogP contribution in [0.4, 0.5) is 5.69 Å². The van der Waals surface area contributed by atoms with Gasteiger partial charge in [-0.2, -0.15) is 0 Å². The molecule has 3 heterocycles. The van der Waals surface area contributed by atoms with Crippen molar-refractivity contribution in [2.24, 2.45) is 5.41 Å². The maximum absolute atomic E-state index is 13.6. The van der Waals surface area contributed by atoms with E-state index < -0.39 is 40.5 Å². The average Bonchev–Trinajstić information content (AvgIpc) is 3.33. The summed E-state index contributed by atoms with van der Waals surface area (Å²) >= 11 is 3.72. The van der Waals surface area contributed by atoms with Gasteiger partial charge in [-0.3, -0.25) is 9.69 Å². The Morgan fingerprint density at radius 3 is 2.62 bits per heavy atom. The average molecular weight is 535 g/mol. The summed E-state index contributed by atoms with van der Waals surface area (Å²) in [6.07, 6.45) is 4.33. The quantitative estimate of drug-likeness (QED) is 0.465. The summed E-state index contributed by atoms with van der Waals surface area (Å²) in [5, 5.41) is 12.5. The zero-order valence-electron chi connectivity index (χ0n) is 20.1. The number of carbonyl (C=O) groups is 2. The number of methoxy groups -OCH3 is 2. The highest BCUT2D eigenvalue weighted by Gasteiger charge is 2.80. The molecule has 6 atom stereocenters. The largest absolute Gasteiger partial charge is 0.495 e. The van der Waals surface area contributed by atoms with E-state index in [-0.39, 0.29) is 6.04 Å². The Morgan fingerprint density at radius 1 is 1.26 bits per heavy atom. The smallest absolute Gasteiger partial charge is 0.344 e. The minimum Gasteiger partial charge on any atom is -0.495 e. The first-order chi connectivity index (χ1) is 16.1. The molecular weight excluding hydrogens is 504 g/mol. The molecule has 3 aliphatic heterocycles. The van der Waals surface area contributed by atoms with Gasteiger partial charge in [0, 0.05) is 37.4 Å². The molecule has 1 aromatic carbocycles. The summed E-state index contributed by atoms with van der Waals surface area (Å²) in [6, 6.07) is 3.19. The third-order valence-corrected chi connectivity index (χ3v) is 9.45. The first-order valence-corrected chi connectivity index (χ1v) is 12.4. The Kier molecular flexibility index (Phi) is 5.35. The predicted octanol–water partition coefficient (Wildman–Crippen LogP) is 2.40. The van der Waals surface area contributed by atoms with Crippen LogP contribution in [-0.4, -0.2) is 80.1 Å². The third-order valence-electron chi connectivity index (χ3n) is 8.69. The molecule has 5 rings (SSSR count). The van der Waals surface area contributed by atoms with Crippen molar-refractivity contribution >= 4 is 33.6 Å². The highest BCUT2D eigenvalue weighted by molar-refractivity contribution is 9.10. The molecule has 8 nitrogen and oxygen atoms in total. The number of ether oxygens (including phenoxy) is 3. The van der Waals surface area contributed by atoms with E-state index in [4.69, 9.17) is 14.2 Å². The number of rotatable bonds is 4. The Balaban J connectivity index is 1.89. The summed E-state index contributed by atoms with van der Waals surface area (Å²) in [5.74, 6) is -0.675. The number of anilines is 1. The highest BCUT2D eigenvalue weighted by Crippen LogP contribution is 2.68. The number of nitrogens with zero attached hydrogens (tertiary/aromatic N) is 2. The third kappa shape index (κ3) is 2.55. The predicted molar refractivity (Wildman–Crippen MR) is 129 cm³/mol. The monoisotopic (exact) mass is 534 g/mol. The van der Waals surface area contributed by atoms with Gasteiger partial charge in [0.05, 0.1) is 30.4 Å². The lowest BCUT2D eigenvalue weighted by Gasteiger charge is -2.63. The second-order valence-electron chi connectivity index (χ2n) is 9.85. The van der Waals surface area contributed by atoms with E-state index in [2.05, 4.69) is 39.0 Å². The molecule has 0 unspecified atom stereocenters. The molecule has 0 bridgehead atoms. The van der Waals surface area contributed by atoms with E-state index in [0.29, 0.717) is 12.2 Å². The lowest BCUT2D eigenvalue weighted by molar-refractivity contribution is -0.228. The lowest BCUT2D eigenvalue weighted by atomic mass is 9.47. The Bertz CT molecular complexity index is 1090. The van der Waals surface area contributed by atoms with Crippen molar-refractivity contribution in [2.75, 3.05) is 39.3 Å². The van der Waals surface area contributed by atoms with Crippen molar-refractivity contribution in [3.8, 4) is 5.75 Å². The van der Waals surface area contributed by atoms with Gasteiger partial charge < -0.3 is 24.2 Å². The van der Waals surface area contributed by atoms with Crippen molar-refractivity contribution in [1.29, 1.82) is 0 Å². The number of halogens is 1. The summed E-state index contributed by atoms with van der Waals surface area (Å²) < 4.78 is 17.5. The number of hydrogen-bond donors (Lipinski definition) is 1. The Morgan fingerprint density at radius 2 is 2.00 bits per heavy atom. The van der Waals surface area contributed by atoms with E-state index in [1.54, 1.807) is 7.11 Å². The highest BCUT2D eigenvalue weighted by atomic mass is 79.9. The number of aliphatic hydroxyl groups is 1. The fourth-order valence-electron chi connectivity index (χ4n) is 7.77. The van der Waals surface area contributed by atoms with E-state index in [1.165, 1.54) is 14.0 Å². The van der Waals surface area contributed by atoms with Crippen LogP contribution < -0.4 is 9.64 Å². The van der Waals surface area contributed by atoms with E-state index in [0.717, 1.165) is 35.2 Å². The molecule has 1 aliphatic carbocycles. The SMILES string of the molecule is CC[C@]12C=CCN3CC[C@@]4(c5ccc(OC)c(Br)c5N(C)[C@@H]4[C@](O)(C(=O)OC)[C@@H]1OC(C)=O)[C@@H]32. The lowest BCUT2D eigenvalue weighted by Crippen LogP contribution is -2.81. The minimum atomic E-state index is -2.11. The van der Waals surface area contributed by atoms with E-state index in [1.807, 2.05) is 24.9 Å². The van der Waals surface area contributed by atoms with Gasteiger partial charge >= 0.3 is 11.9 Å². The number of carbonyl (C=O) groups excluding carboxylic acids is 2. The van der Waals surface area contributed by atoms with Gasteiger partial charge in [0.25, 0.3) is 0 Å². The van der Waals surface area contributed by atoms with Gasteiger partial charge in [-0.1, -0.05) is 25.1 Å². The van der Waals surface area contributed by atoms with Gasteiger partial charge in [-0.15, -0.1) is 0 Å². The zero-order valence-corrected chi connectivity index (χ0v) is 21.7. The van der Waals surface area contributed by atoms with Crippen molar-refractivity contribution in [1.82, 2.24) is 4.90 Å². The molecular formula is C25H31BrN2O6. The summed E-state index contributed by atoms with van der Waals surface area (Å²) in [4.78, 5) is 30.3.